The van der Waals surface area contributed by atoms with Crippen LogP contribution in [0.4, 0.5) is 13.2 Å². The van der Waals surface area contributed by atoms with Gasteiger partial charge in [-0.2, -0.15) is 9.49 Å². The Morgan fingerprint density at radius 3 is 2.72 bits per heavy atom. The summed E-state index contributed by atoms with van der Waals surface area (Å²) in [6, 6.07) is 10.3. The number of nitrogens with zero attached hydrogens (tertiary/aromatic N) is 4. The number of aromatic nitrogens is 5. The Morgan fingerprint density at radius 2 is 1.94 bits per heavy atom. The highest BCUT2D eigenvalue weighted by Gasteiger charge is 2.36. The van der Waals surface area contributed by atoms with E-state index >= 15 is 0 Å². The third-order valence-corrected chi connectivity index (χ3v) is 5.96. The molecule has 3 heterocycles. The maximum Gasteiger partial charge on any atom is 0.262 e. The lowest BCUT2D eigenvalue weighted by atomic mass is 9.92. The van der Waals surface area contributed by atoms with Gasteiger partial charge in [0.1, 0.15) is 11.2 Å². The molecule has 1 aliphatic carbocycles. The molecule has 6 nitrogen and oxygen atoms in total. The van der Waals surface area contributed by atoms with E-state index in [0.29, 0.717) is 28.8 Å². The van der Waals surface area contributed by atoms with Crippen LogP contribution in [0.25, 0.3) is 22.2 Å². The van der Waals surface area contributed by atoms with Gasteiger partial charge in [0.05, 0.1) is 12.2 Å². The number of nitrogens with one attached hydrogen (secondary N) is 1. The minimum absolute atomic E-state index is 0.203. The number of H-pyrrole nitrogens is 1. The summed E-state index contributed by atoms with van der Waals surface area (Å²) >= 11 is 0. The fourth-order valence-electron chi connectivity index (χ4n) is 4.31. The van der Waals surface area contributed by atoms with Crippen molar-refractivity contribution < 1.29 is 13.2 Å². The molecular weight excluding hydrogens is 419 g/mol. The van der Waals surface area contributed by atoms with Gasteiger partial charge in [-0.3, -0.25) is 4.79 Å². The molecule has 164 valence electrons. The zero-order chi connectivity index (χ0) is 22.3. The average Bonchev–Trinajstić information content (AvgIpc) is 3.19. The normalized spacial score (nSPS) is 16.5. The fraction of sp³-hybridized carbons (Fsp3) is 0.304. The number of fused-ring (bicyclic) bond motifs is 1. The minimum Gasteiger partial charge on any atom is -0.310 e. The van der Waals surface area contributed by atoms with Crippen LogP contribution in [0.15, 0.2) is 53.6 Å². The van der Waals surface area contributed by atoms with E-state index in [0.717, 1.165) is 11.1 Å². The summed E-state index contributed by atoms with van der Waals surface area (Å²) < 4.78 is 42.4. The zero-order valence-corrected chi connectivity index (χ0v) is 17.1. The van der Waals surface area contributed by atoms with Gasteiger partial charge in [-0.1, -0.05) is 24.3 Å². The molecule has 32 heavy (non-hydrogen) atoms. The van der Waals surface area contributed by atoms with Crippen LogP contribution in [0, 0.1) is 5.95 Å². The monoisotopic (exact) mass is 439 g/mol. The summed E-state index contributed by atoms with van der Waals surface area (Å²) in [6.45, 7) is 0. The fourth-order valence-corrected chi connectivity index (χ4v) is 4.31. The lowest BCUT2D eigenvalue weighted by Crippen LogP contribution is -2.27. The number of alkyl halides is 2. The molecule has 1 fully saturated rings. The Kier molecular flexibility index (Phi) is 5.03. The van der Waals surface area contributed by atoms with Gasteiger partial charge in [0.25, 0.3) is 5.56 Å². The molecule has 1 aromatic carbocycles. The summed E-state index contributed by atoms with van der Waals surface area (Å²) in [4.78, 5) is 23.7. The Bertz CT molecular complexity index is 1340. The third kappa shape index (κ3) is 3.90. The molecule has 0 radical (unpaired) electrons. The number of hydrogen-bond donors (Lipinski definition) is 1. The van der Waals surface area contributed by atoms with Crippen LogP contribution in [0.2, 0.25) is 0 Å². The molecular formula is C23H20F3N5O. The number of aromatic amines is 1. The summed E-state index contributed by atoms with van der Waals surface area (Å²) in [6.07, 6.45) is 3.30. The van der Waals surface area contributed by atoms with Crippen molar-refractivity contribution in [3.8, 4) is 11.1 Å². The molecule has 1 saturated carbocycles. The molecule has 0 unspecified atom stereocenters. The molecule has 0 amide bonds. The largest absolute Gasteiger partial charge is 0.310 e. The van der Waals surface area contributed by atoms with E-state index in [4.69, 9.17) is 0 Å². The van der Waals surface area contributed by atoms with Gasteiger partial charge in [0.15, 0.2) is 5.65 Å². The summed E-state index contributed by atoms with van der Waals surface area (Å²) in [7, 11) is 0. The topological polar surface area (TPSA) is 76.5 Å². The molecule has 0 aliphatic heterocycles. The quantitative estimate of drug-likeness (QED) is 0.469. The van der Waals surface area contributed by atoms with Crippen molar-refractivity contribution in [3.63, 3.8) is 0 Å². The second-order valence-corrected chi connectivity index (χ2v) is 8.13. The standard InChI is InChI=1S/C23H20F3N5O/c24-19-11-15(7-10-27-19)17-4-2-1-3-14(17)12-20-29-21-18(22(32)30-20)13-28-31(21)16-5-8-23(25,26)9-6-16/h1-4,7,10-11,13,16H,5-6,8-9,12H2,(H,29,30,32). The predicted octanol–water partition coefficient (Wildman–Crippen LogP) is 4.66. The first-order valence-electron chi connectivity index (χ1n) is 10.4. The molecule has 0 spiro atoms. The first-order valence-corrected chi connectivity index (χ1v) is 10.4. The highest BCUT2D eigenvalue weighted by atomic mass is 19.3. The molecule has 3 aromatic heterocycles. The Balaban J connectivity index is 1.51. The number of halogens is 3. The van der Waals surface area contributed by atoms with E-state index in [1.807, 2.05) is 24.3 Å². The number of benzene rings is 1. The second-order valence-electron chi connectivity index (χ2n) is 8.13. The van der Waals surface area contributed by atoms with Crippen LogP contribution in [-0.2, 0) is 6.42 Å². The Hall–Kier alpha value is -3.49. The van der Waals surface area contributed by atoms with Crippen LogP contribution in [-0.4, -0.2) is 30.7 Å². The molecule has 9 heteroatoms. The molecule has 0 atom stereocenters. The van der Waals surface area contributed by atoms with Gasteiger partial charge in [-0.25, -0.2) is 23.4 Å². The van der Waals surface area contributed by atoms with E-state index in [1.165, 1.54) is 18.5 Å². The Labute approximate surface area is 181 Å². The van der Waals surface area contributed by atoms with E-state index in [9.17, 15) is 18.0 Å². The maximum atomic E-state index is 13.6. The first-order chi connectivity index (χ1) is 15.4. The summed E-state index contributed by atoms with van der Waals surface area (Å²) in [5.41, 5.74) is 2.39. The van der Waals surface area contributed by atoms with E-state index < -0.39 is 11.9 Å². The molecule has 5 rings (SSSR count). The van der Waals surface area contributed by atoms with Gasteiger partial charge in [-0.15, -0.1) is 0 Å². The van der Waals surface area contributed by atoms with Gasteiger partial charge in [-0.05, 0) is 35.6 Å². The van der Waals surface area contributed by atoms with Gasteiger partial charge >= 0.3 is 0 Å². The lowest BCUT2D eigenvalue weighted by Gasteiger charge is -2.28. The lowest BCUT2D eigenvalue weighted by molar-refractivity contribution is -0.0446. The van der Waals surface area contributed by atoms with E-state index in [-0.39, 0.29) is 37.3 Å². The van der Waals surface area contributed by atoms with Crippen LogP contribution >= 0.6 is 0 Å². The number of hydrogen-bond acceptors (Lipinski definition) is 4. The number of pyridine rings is 1. The van der Waals surface area contributed by atoms with Gasteiger partial charge in [0, 0.05) is 31.5 Å². The maximum absolute atomic E-state index is 13.6. The van der Waals surface area contributed by atoms with Gasteiger partial charge in [0.2, 0.25) is 11.9 Å². The van der Waals surface area contributed by atoms with Crippen LogP contribution < -0.4 is 5.56 Å². The van der Waals surface area contributed by atoms with Crippen LogP contribution in [0.3, 0.4) is 0 Å². The smallest absolute Gasteiger partial charge is 0.262 e. The predicted molar refractivity (Wildman–Crippen MR) is 113 cm³/mol. The van der Waals surface area contributed by atoms with Gasteiger partial charge < -0.3 is 4.98 Å². The summed E-state index contributed by atoms with van der Waals surface area (Å²) in [5.74, 6) is -2.80. The molecule has 0 saturated heterocycles. The van der Waals surface area contributed by atoms with Crippen LogP contribution in [0.5, 0.6) is 0 Å². The SMILES string of the molecule is O=c1[nH]c(Cc2ccccc2-c2ccnc(F)c2)nc2c1cnn2C1CCC(F)(F)CC1. The van der Waals surface area contributed by atoms with Crippen molar-refractivity contribution in [3.05, 3.63) is 76.5 Å². The number of rotatable bonds is 4. The molecule has 4 aromatic rings. The second kappa shape index (κ2) is 7.89. The third-order valence-electron chi connectivity index (χ3n) is 5.96. The first kappa shape index (κ1) is 20.4. The average molecular weight is 439 g/mol. The van der Waals surface area contributed by atoms with Crippen LogP contribution in [0.1, 0.15) is 43.1 Å². The van der Waals surface area contributed by atoms with Crippen molar-refractivity contribution in [1.82, 2.24) is 24.7 Å². The van der Waals surface area contributed by atoms with E-state index in [2.05, 4.69) is 20.1 Å². The summed E-state index contributed by atoms with van der Waals surface area (Å²) in [5, 5.41) is 4.62. The van der Waals surface area contributed by atoms with E-state index in [1.54, 1.807) is 10.7 Å². The highest BCUT2D eigenvalue weighted by molar-refractivity contribution is 5.73. The molecule has 1 aliphatic rings. The highest BCUT2D eigenvalue weighted by Crippen LogP contribution is 2.38. The van der Waals surface area contributed by atoms with Crippen molar-refractivity contribution in [1.29, 1.82) is 0 Å². The molecule has 0 bridgehead atoms. The van der Waals surface area contributed by atoms with Crippen molar-refractivity contribution in [2.45, 2.75) is 44.1 Å². The zero-order valence-electron chi connectivity index (χ0n) is 17.1. The Morgan fingerprint density at radius 1 is 1.16 bits per heavy atom. The van der Waals surface area contributed by atoms with Crippen molar-refractivity contribution in [2.24, 2.45) is 0 Å². The van der Waals surface area contributed by atoms with Crippen molar-refractivity contribution >= 4 is 11.0 Å². The van der Waals surface area contributed by atoms with Crippen molar-refractivity contribution in [2.75, 3.05) is 0 Å². The minimum atomic E-state index is -2.65. The molecule has 1 N–H and O–H groups in total.